The van der Waals surface area contributed by atoms with Gasteiger partial charge in [0.2, 0.25) is 0 Å². The van der Waals surface area contributed by atoms with Crippen molar-refractivity contribution in [2.24, 2.45) is 0 Å². The lowest BCUT2D eigenvalue weighted by Gasteiger charge is -2.40. The summed E-state index contributed by atoms with van der Waals surface area (Å²) in [5, 5.41) is 11.4. The summed E-state index contributed by atoms with van der Waals surface area (Å²) >= 11 is 1.65. The Morgan fingerprint density at radius 1 is 1.36 bits per heavy atom. The third-order valence-electron chi connectivity index (χ3n) is 6.15. The van der Waals surface area contributed by atoms with Crippen molar-refractivity contribution < 1.29 is 14.2 Å². The molecule has 0 bridgehead atoms. The van der Waals surface area contributed by atoms with Gasteiger partial charge in [0.1, 0.15) is 11.4 Å². The summed E-state index contributed by atoms with van der Waals surface area (Å²) in [6, 6.07) is 2.07. The second-order valence-corrected chi connectivity index (χ2v) is 8.82. The second kappa shape index (κ2) is 7.74. The molecule has 0 aromatic carbocycles. The van der Waals surface area contributed by atoms with Crippen molar-refractivity contribution in [1.29, 1.82) is 0 Å². The van der Waals surface area contributed by atoms with Crippen LogP contribution in [0.4, 0.5) is 0 Å². The van der Waals surface area contributed by atoms with E-state index in [4.69, 9.17) is 9.37 Å². The van der Waals surface area contributed by atoms with Gasteiger partial charge in [-0.1, -0.05) is 10.3 Å². The van der Waals surface area contributed by atoms with Gasteiger partial charge in [0.25, 0.3) is 5.91 Å². The maximum absolute atomic E-state index is 13.4. The Morgan fingerprint density at radius 2 is 2.18 bits per heavy atom. The number of piperidine rings is 1. The van der Waals surface area contributed by atoms with Crippen LogP contribution >= 0.6 is 23.7 Å². The molecule has 1 unspecified atom stereocenters. The molecule has 7 nitrogen and oxygen atoms in total. The summed E-state index contributed by atoms with van der Waals surface area (Å²) in [5.74, 6) is 0.100. The van der Waals surface area contributed by atoms with E-state index in [9.17, 15) is 4.79 Å². The van der Waals surface area contributed by atoms with E-state index in [2.05, 4.69) is 21.7 Å². The number of carbonyl (C=O) groups is 1. The van der Waals surface area contributed by atoms with Crippen LogP contribution in [0, 0.1) is 6.92 Å². The predicted molar refractivity (Wildman–Crippen MR) is 107 cm³/mol. The minimum atomic E-state index is -0.203. The maximum Gasteiger partial charge on any atom is 0.264 e. The lowest BCUT2D eigenvalue weighted by molar-refractivity contribution is -0.0792. The fraction of sp³-hybridized carbons (Fsp3) is 0.632. The van der Waals surface area contributed by atoms with Gasteiger partial charge < -0.3 is 15.0 Å². The molecule has 1 atom stereocenters. The zero-order chi connectivity index (χ0) is 18.4. The van der Waals surface area contributed by atoms with Crippen LogP contribution in [0.15, 0.2) is 10.7 Å². The van der Waals surface area contributed by atoms with Crippen LogP contribution in [0.25, 0.3) is 0 Å². The number of ether oxygens (including phenoxy) is 1. The number of hydrogen-bond donors (Lipinski definition) is 1. The van der Waals surface area contributed by atoms with Gasteiger partial charge in [-0.15, -0.1) is 23.7 Å². The van der Waals surface area contributed by atoms with E-state index in [1.54, 1.807) is 11.3 Å². The average Bonchev–Trinajstić information content (AvgIpc) is 3.41. The Kier molecular flexibility index (Phi) is 5.48. The zero-order valence-electron chi connectivity index (χ0n) is 15.9. The SMILES string of the molecule is Cc1nonc1C1CCCN1C(=O)c1cc2c(s1)CCOC21CCNCC1.Cl. The fourth-order valence-electron chi connectivity index (χ4n) is 4.74. The number of fused-ring (bicyclic) bond motifs is 2. The molecule has 0 aliphatic carbocycles. The Morgan fingerprint density at radius 3 is 2.93 bits per heavy atom. The molecule has 2 aromatic heterocycles. The summed E-state index contributed by atoms with van der Waals surface area (Å²) in [6.07, 6.45) is 4.73. The lowest BCUT2D eigenvalue weighted by Crippen LogP contribution is -2.44. The molecular weight excluding hydrogens is 400 g/mol. The minimum Gasteiger partial charge on any atom is -0.370 e. The number of amides is 1. The summed E-state index contributed by atoms with van der Waals surface area (Å²) in [5.41, 5.74) is 2.61. The maximum atomic E-state index is 13.4. The number of nitrogens with one attached hydrogen (secondary N) is 1. The van der Waals surface area contributed by atoms with E-state index in [-0.39, 0.29) is 30.0 Å². The summed E-state index contributed by atoms with van der Waals surface area (Å²) in [6.45, 7) is 5.31. The van der Waals surface area contributed by atoms with Gasteiger partial charge in [0.05, 0.1) is 23.1 Å². The predicted octanol–water partition coefficient (Wildman–Crippen LogP) is 2.99. The van der Waals surface area contributed by atoms with Gasteiger partial charge in [-0.25, -0.2) is 4.63 Å². The normalized spacial score (nSPS) is 23.5. The van der Waals surface area contributed by atoms with Crippen molar-refractivity contribution in [3.05, 3.63) is 32.8 Å². The number of aryl methyl sites for hydroxylation is 1. The summed E-state index contributed by atoms with van der Waals surface area (Å²) < 4.78 is 11.1. The number of aromatic nitrogens is 2. The van der Waals surface area contributed by atoms with Crippen molar-refractivity contribution in [2.45, 2.75) is 50.7 Å². The average molecular weight is 425 g/mol. The molecule has 2 fully saturated rings. The van der Waals surface area contributed by atoms with Gasteiger partial charge in [-0.2, -0.15) is 0 Å². The third kappa shape index (κ3) is 3.16. The first-order valence-electron chi connectivity index (χ1n) is 9.76. The number of thiophene rings is 1. The van der Waals surface area contributed by atoms with Crippen LogP contribution in [0.3, 0.4) is 0 Å². The van der Waals surface area contributed by atoms with E-state index < -0.39 is 0 Å². The van der Waals surface area contributed by atoms with Crippen LogP contribution in [0.1, 0.15) is 63.2 Å². The van der Waals surface area contributed by atoms with E-state index in [0.29, 0.717) is 0 Å². The van der Waals surface area contributed by atoms with Gasteiger partial charge in [0.15, 0.2) is 0 Å². The van der Waals surface area contributed by atoms with Crippen LogP contribution in [-0.4, -0.2) is 47.4 Å². The van der Waals surface area contributed by atoms with Gasteiger partial charge in [-0.3, -0.25) is 4.79 Å². The van der Waals surface area contributed by atoms with E-state index in [1.165, 1.54) is 10.4 Å². The topological polar surface area (TPSA) is 80.5 Å². The fourth-order valence-corrected chi connectivity index (χ4v) is 5.93. The molecule has 2 saturated heterocycles. The highest BCUT2D eigenvalue weighted by molar-refractivity contribution is 7.14. The molecule has 0 saturated carbocycles. The van der Waals surface area contributed by atoms with E-state index in [1.807, 2.05) is 11.8 Å². The highest BCUT2D eigenvalue weighted by atomic mass is 35.5. The number of nitrogens with zero attached hydrogens (tertiary/aromatic N) is 3. The van der Waals surface area contributed by atoms with Gasteiger partial charge >= 0.3 is 0 Å². The highest BCUT2D eigenvalue weighted by Crippen LogP contribution is 2.44. The van der Waals surface area contributed by atoms with Crippen molar-refractivity contribution in [1.82, 2.24) is 20.5 Å². The Bertz CT molecular complexity index is 861. The van der Waals surface area contributed by atoms with Crippen molar-refractivity contribution in [2.75, 3.05) is 26.2 Å². The molecule has 3 aliphatic rings. The zero-order valence-corrected chi connectivity index (χ0v) is 17.5. The summed E-state index contributed by atoms with van der Waals surface area (Å²) in [7, 11) is 0. The van der Waals surface area contributed by atoms with Crippen molar-refractivity contribution in [3.63, 3.8) is 0 Å². The molecule has 2 aromatic rings. The molecule has 1 N–H and O–H groups in total. The first kappa shape index (κ1) is 19.8. The Labute approximate surface area is 174 Å². The Hall–Kier alpha value is -1.48. The van der Waals surface area contributed by atoms with Crippen molar-refractivity contribution >= 4 is 29.7 Å². The number of likely N-dealkylation sites (tertiary alicyclic amines) is 1. The van der Waals surface area contributed by atoms with Crippen LogP contribution in [0.2, 0.25) is 0 Å². The first-order valence-corrected chi connectivity index (χ1v) is 10.6. The summed E-state index contributed by atoms with van der Waals surface area (Å²) in [4.78, 5) is 17.4. The van der Waals surface area contributed by atoms with Crippen molar-refractivity contribution in [3.8, 4) is 0 Å². The molecule has 1 amide bonds. The quantitative estimate of drug-likeness (QED) is 0.798. The smallest absolute Gasteiger partial charge is 0.264 e. The van der Waals surface area contributed by atoms with Crippen LogP contribution in [0.5, 0.6) is 0 Å². The molecular formula is C19H25ClN4O3S. The molecule has 3 aliphatic heterocycles. The van der Waals surface area contributed by atoms with Gasteiger partial charge in [0, 0.05) is 17.8 Å². The second-order valence-electron chi connectivity index (χ2n) is 7.68. The number of carbonyl (C=O) groups excluding carboxylic acids is 1. The monoisotopic (exact) mass is 424 g/mol. The first-order chi connectivity index (χ1) is 13.2. The number of rotatable bonds is 2. The molecule has 28 heavy (non-hydrogen) atoms. The van der Waals surface area contributed by atoms with Crippen LogP contribution < -0.4 is 5.32 Å². The van der Waals surface area contributed by atoms with Crippen LogP contribution in [-0.2, 0) is 16.8 Å². The largest absolute Gasteiger partial charge is 0.370 e. The molecule has 152 valence electrons. The molecule has 9 heteroatoms. The Balaban J connectivity index is 0.00000192. The minimum absolute atomic E-state index is 0. The molecule has 5 rings (SSSR count). The molecule has 5 heterocycles. The molecule has 1 spiro atoms. The van der Waals surface area contributed by atoms with E-state index in [0.717, 1.165) is 74.6 Å². The molecule has 0 radical (unpaired) electrons. The highest BCUT2D eigenvalue weighted by Gasteiger charge is 2.42. The third-order valence-corrected chi connectivity index (χ3v) is 7.33. The number of halogens is 1. The van der Waals surface area contributed by atoms with E-state index >= 15 is 0 Å². The number of hydrogen-bond acceptors (Lipinski definition) is 7. The standard InChI is InChI=1S/C19H24N4O3S.ClH/c1-12-17(22-26-21-12)14-3-2-9-23(14)18(24)16-11-13-15(27-16)4-10-25-19(13)5-7-20-8-6-19;/h11,14,20H,2-10H2,1H3;1H. The van der Waals surface area contributed by atoms with Gasteiger partial charge in [-0.05, 0) is 57.3 Å². The lowest BCUT2D eigenvalue weighted by atomic mass is 9.83.